The van der Waals surface area contributed by atoms with Gasteiger partial charge in [0.2, 0.25) is 5.78 Å². The number of carbonyl (C=O) groups is 1. The number of furan rings is 1. The molecule has 0 unspecified atom stereocenters. The topological polar surface area (TPSA) is 39.4 Å². The van der Waals surface area contributed by atoms with Crippen molar-refractivity contribution in [1.82, 2.24) is 0 Å². The van der Waals surface area contributed by atoms with Crippen LogP contribution in [0.3, 0.4) is 0 Å². The fraction of sp³-hybridized carbons (Fsp3) is 0.118. The Kier molecular flexibility index (Phi) is 3.43. The minimum Gasteiger partial charge on any atom is -0.496 e. The minimum absolute atomic E-state index is 0.197. The second-order valence-electron chi connectivity index (χ2n) is 4.73. The van der Waals surface area contributed by atoms with E-state index >= 15 is 0 Å². The molecule has 3 rings (SSSR count). The van der Waals surface area contributed by atoms with Crippen LogP contribution in [0.4, 0.5) is 0 Å². The molecule has 0 aliphatic heterocycles. The third-order valence-electron chi connectivity index (χ3n) is 3.46. The van der Waals surface area contributed by atoms with Crippen LogP contribution in [0.5, 0.6) is 5.75 Å². The fourth-order valence-electron chi connectivity index (χ4n) is 2.36. The van der Waals surface area contributed by atoms with E-state index in [1.807, 2.05) is 13.0 Å². The molecule has 0 saturated heterocycles. The first kappa shape index (κ1) is 13.7. The first-order valence-electron chi connectivity index (χ1n) is 6.48. The molecule has 0 fully saturated rings. The van der Waals surface area contributed by atoms with Gasteiger partial charge in [-0.1, -0.05) is 23.7 Å². The molecule has 0 atom stereocenters. The second-order valence-corrected chi connectivity index (χ2v) is 5.16. The van der Waals surface area contributed by atoms with Crippen molar-refractivity contribution in [3.05, 3.63) is 64.4 Å². The summed E-state index contributed by atoms with van der Waals surface area (Å²) in [5, 5.41) is 1.46. The van der Waals surface area contributed by atoms with Crippen molar-refractivity contribution in [2.45, 2.75) is 6.92 Å². The van der Waals surface area contributed by atoms with E-state index in [9.17, 15) is 4.79 Å². The summed E-state index contributed by atoms with van der Waals surface area (Å²) in [5.41, 5.74) is 1.91. The number of ketones is 1. The molecule has 3 nitrogen and oxygen atoms in total. The van der Waals surface area contributed by atoms with Crippen molar-refractivity contribution in [2.24, 2.45) is 0 Å². The van der Waals surface area contributed by atoms with Crippen molar-refractivity contribution in [2.75, 3.05) is 7.11 Å². The number of fused-ring (bicyclic) bond motifs is 1. The number of halogens is 1. The number of aryl methyl sites for hydroxylation is 1. The molecule has 0 amide bonds. The van der Waals surface area contributed by atoms with E-state index in [0.29, 0.717) is 27.7 Å². The van der Waals surface area contributed by atoms with Gasteiger partial charge in [-0.15, -0.1) is 0 Å². The molecule has 106 valence electrons. The Bertz CT molecular complexity index is 833. The van der Waals surface area contributed by atoms with Gasteiger partial charge in [-0.3, -0.25) is 4.79 Å². The van der Waals surface area contributed by atoms with Gasteiger partial charge < -0.3 is 9.15 Å². The van der Waals surface area contributed by atoms with E-state index in [-0.39, 0.29) is 5.78 Å². The van der Waals surface area contributed by atoms with Gasteiger partial charge in [0.25, 0.3) is 0 Å². The van der Waals surface area contributed by atoms with E-state index in [4.69, 9.17) is 20.8 Å². The van der Waals surface area contributed by atoms with Crippen LogP contribution in [0.1, 0.15) is 21.7 Å². The second kappa shape index (κ2) is 5.26. The van der Waals surface area contributed by atoms with Gasteiger partial charge in [0.15, 0.2) is 5.76 Å². The smallest absolute Gasteiger partial charge is 0.232 e. The molecule has 0 radical (unpaired) electrons. The van der Waals surface area contributed by atoms with E-state index in [2.05, 4.69) is 0 Å². The molecule has 0 N–H and O–H groups in total. The predicted octanol–water partition coefficient (Wildman–Crippen LogP) is 4.63. The highest BCUT2D eigenvalue weighted by molar-refractivity contribution is 6.31. The molecule has 4 heteroatoms. The summed E-state index contributed by atoms with van der Waals surface area (Å²) in [5.74, 6) is 0.648. The Balaban J connectivity index is 2.16. The lowest BCUT2D eigenvalue weighted by Gasteiger charge is -2.05. The highest BCUT2D eigenvalue weighted by atomic mass is 35.5. The lowest BCUT2D eigenvalue weighted by Crippen LogP contribution is -2.04. The highest BCUT2D eigenvalue weighted by Gasteiger charge is 2.21. The molecule has 1 aromatic heterocycles. The van der Waals surface area contributed by atoms with Gasteiger partial charge in [0.05, 0.1) is 12.7 Å². The number of hydrogen-bond donors (Lipinski definition) is 0. The summed E-state index contributed by atoms with van der Waals surface area (Å²) in [6, 6.07) is 12.4. The average molecular weight is 301 g/mol. The largest absolute Gasteiger partial charge is 0.496 e. The zero-order valence-electron chi connectivity index (χ0n) is 11.6. The Hall–Kier alpha value is -2.26. The predicted molar refractivity (Wildman–Crippen MR) is 82.4 cm³/mol. The van der Waals surface area contributed by atoms with Crippen molar-refractivity contribution in [1.29, 1.82) is 0 Å². The molecule has 0 aliphatic carbocycles. The molecule has 2 aromatic carbocycles. The van der Waals surface area contributed by atoms with Crippen LogP contribution in [0.25, 0.3) is 11.0 Å². The lowest BCUT2D eigenvalue weighted by molar-refractivity contribution is 0.101. The number of benzene rings is 2. The van der Waals surface area contributed by atoms with Crippen molar-refractivity contribution >= 4 is 28.4 Å². The number of rotatable bonds is 3. The lowest BCUT2D eigenvalue weighted by atomic mass is 10.0. The third kappa shape index (κ3) is 2.30. The van der Waals surface area contributed by atoms with Crippen LogP contribution in [-0.4, -0.2) is 12.9 Å². The Labute approximate surface area is 127 Å². The molecule has 0 bridgehead atoms. The molecule has 1 heterocycles. The monoisotopic (exact) mass is 300 g/mol. The number of para-hydroxylation sites is 1. The summed E-state index contributed by atoms with van der Waals surface area (Å²) < 4.78 is 10.9. The fourth-order valence-corrected chi connectivity index (χ4v) is 2.54. The van der Waals surface area contributed by atoms with Gasteiger partial charge >= 0.3 is 0 Å². The number of hydrogen-bond acceptors (Lipinski definition) is 3. The Morgan fingerprint density at radius 2 is 1.95 bits per heavy atom. The van der Waals surface area contributed by atoms with Crippen LogP contribution in [0.15, 0.2) is 46.9 Å². The molecule has 0 saturated carbocycles. The molecule has 21 heavy (non-hydrogen) atoms. The first-order chi connectivity index (χ1) is 10.1. The van der Waals surface area contributed by atoms with Crippen LogP contribution in [0.2, 0.25) is 5.02 Å². The molecular formula is C17H13ClO3. The van der Waals surface area contributed by atoms with E-state index in [1.54, 1.807) is 36.4 Å². The van der Waals surface area contributed by atoms with Crippen LogP contribution < -0.4 is 4.74 Å². The van der Waals surface area contributed by atoms with Crippen LogP contribution >= 0.6 is 11.6 Å². The molecule has 0 spiro atoms. The van der Waals surface area contributed by atoms with Gasteiger partial charge in [-0.25, -0.2) is 0 Å². The van der Waals surface area contributed by atoms with Gasteiger partial charge in [0.1, 0.15) is 11.3 Å². The summed E-state index contributed by atoms with van der Waals surface area (Å²) in [4.78, 5) is 12.7. The quantitative estimate of drug-likeness (QED) is 0.662. The Morgan fingerprint density at radius 3 is 2.71 bits per heavy atom. The maximum absolute atomic E-state index is 12.7. The van der Waals surface area contributed by atoms with E-state index in [1.165, 1.54) is 7.11 Å². The maximum atomic E-state index is 12.7. The average Bonchev–Trinajstić information content (AvgIpc) is 2.83. The van der Waals surface area contributed by atoms with Crippen molar-refractivity contribution < 1.29 is 13.9 Å². The summed E-state index contributed by atoms with van der Waals surface area (Å²) in [6.45, 7) is 1.85. The number of methoxy groups -OCH3 is 1. The normalized spacial score (nSPS) is 10.8. The van der Waals surface area contributed by atoms with Gasteiger partial charge in [-0.2, -0.15) is 0 Å². The van der Waals surface area contributed by atoms with Gasteiger partial charge in [0, 0.05) is 16.0 Å². The SMILES string of the molecule is COc1ccccc1C(=O)c1oc2ccc(Cl)cc2c1C. The highest BCUT2D eigenvalue weighted by Crippen LogP contribution is 2.31. The number of ether oxygens (including phenoxy) is 1. The van der Waals surface area contributed by atoms with Crippen molar-refractivity contribution in [3.63, 3.8) is 0 Å². The van der Waals surface area contributed by atoms with E-state index < -0.39 is 0 Å². The molecular weight excluding hydrogens is 288 g/mol. The van der Waals surface area contributed by atoms with Gasteiger partial charge in [-0.05, 0) is 37.3 Å². The molecule has 0 aliphatic rings. The molecule has 3 aromatic rings. The number of carbonyl (C=O) groups excluding carboxylic acids is 1. The zero-order chi connectivity index (χ0) is 15.0. The van der Waals surface area contributed by atoms with Crippen LogP contribution in [-0.2, 0) is 0 Å². The third-order valence-corrected chi connectivity index (χ3v) is 3.69. The first-order valence-corrected chi connectivity index (χ1v) is 6.86. The van der Waals surface area contributed by atoms with Crippen LogP contribution in [0, 0.1) is 6.92 Å². The maximum Gasteiger partial charge on any atom is 0.232 e. The standard InChI is InChI=1S/C17H13ClO3/c1-10-13-9-11(18)7-8-15(13)21-17(10)16(19)12-5-3-4-6-14(12)20-2/h3-9H,1-2H3. The summed E-state index contributed by atoms with van der Waals surface area (Å²) in [6.07, 6.45) is 0. The Morgan fingerprint density at radius 1 is 1.19 bits per heavy atom. The van der Waals surface area contributed by atoms with E-state index in [0.717, 1.165) is 10.9 Å². The summed E-state index contributed by atoms with van der Waals surface area (Å²) >= 11 is 6.00. The zero-order valence-corrected chi connectivity index (χ0v) is 12.4. The minimum atomic E-state index is -0.197. The van der Waals surface area contributed by atoms with Crippen molar-refractivity contribution in [3.8, 4) is 5.75 Å². The summed E-state index contributed by atoms with van der Waals surface area (Å²) in [7, 11) is 1.54.